The maximum atomic E-state index is 12.0. The van der Waals surface area contributed by atoms with Crippen molar-refractivity contribution in [2.75, 3.05) is 0 Å². The molecule has 0 bridgehead atoms. The minimum atomic E-state index is -4.60. The van der Waals surface area contributed by atoms with Gasteiger partial charge in [0.15, 0.2) is 0 Å². The van der Waals surface area contributed by atoms with Crippen molar-refractivity contribution in [2.45, 2.75) is 86.5 Å². The van der Waals surface area contributed by atoms with Gasteiger partial charge in [-0.05, 0) is 44.4 Å². The Morgan fingerprint density at radius 2 is 1.69 bits per heavy atom. The summed E-state index contributed by atoms with van der Waals surface area (Å²) in [5, 5.41) is 31.2. The number of azo groups is 1. The topological polar surface area (TPSA) is 144 Å². The van der Waals surface area contributed by atoms with E-state index in [9.17, 15) is 23.3 Å². The fraction of sp³-hybridized carbons (Fsp3) is 1.00. The molecule has 1 N–H and O–H groups in total. The first-order chi connectivity index (χ1) is 12.9. The second-order valence-electron chi connectivity index (χ2n) is 7.85. The van der Waals surface area contributed by atoms with Crippen molar-refractivity contribution < 1.29 is 91.8 Å². The van der Waals surface area contributed by atoms with Crippen LogP contribution >= 0.6 is 12.0 Å². The summed E-state index contributed by atoms with van der Waals surface area (Å²) in [7, 11) is -4.60. The van der Waals surface area contributed by atoms with E-state index < -0.39 is 33.4 Å². The minimum Gasteiger partial charge on any atom is -0.748 e. The van der Waals surface area contributed by atoms with Crippen LogP contribution in [-0.4, -0.2) is 46.8 Å². The monoisotopic (exact) mass is 468 g/mol. The van der Waals surface area contributed by atoms with E-state index in [1.54, 1.807) is 0 Å². The maximum absolute atomic E-state index is 12.0. The molecule has 29 heavy (non-hydrogen) atoms. The molecule has 0 aromatic heterocycles. The van der Waals surface area contributed by atoms with Crippen LogP contribution in [0.15, 0.2) is 10.2 Å². The zero-order chi connectivity index (χ0) is 19.4. The van der Waals surface area contributed by atoms with Gasteiger partial charge >= 0.3 is 59.1 Å². The third kappa shape index (κ3) is 7.90. The van der Waals surface area contributed by atoms with Crippen molar-refractivity contribution in [3.05, 3.63) is 0 Å². The van der Waals surface area contributed by atoms with Crippen LogP contribution in [0.4, 0.5) is 0 Å². The molecule has 6 atom stereocenters. The molecule has 0 radical (unpaired) electrons. The van der Waals surface area contributed by atoms with E-state index in [1.165, 1.54) is 6.42 Å². The number of fused-ring (bicyclic) bond motifs is 1. The molecule has 0 spiro atoms. The largest absolute Gasteiger partial charge is 1.00 e. The first-order valence-corrected chi connectivity index (χ1v) is 11.8. The van der Waals surface area contributed by atoms with Crippen LogP contribution in [0.3, 0.4) is 0 Å². The Morgan fingerprint density at radius 1 is 1.00 bits per heavy atom. The Balaban J connectivity index is 0.00000210. The normalized spacial score (nSPS) is 36.1. The number of hydrogen-bond donors (Lipinski definition) is 1. The van der Waals surface area contributed by atoms with Crippen molar-refractivity contribution in [3.8, 4) is 0 Å². The summed E-state index contributed by atoms with van der Waals surface area (Å²) >= 11 is 0.756. The molecular weight excluding hydrogens is 442 g/mol. The van der Waals surface area contributed by atoms with Gasteiger partial charge in [-0.25, -0.2) is 8.42 Å². The van der Waals surface area contributed by atoms with Crippen molar-refractivity contribution in [1.82, 2.24) is 0 Å². The third-order valence-electron chi connectivity index (χ3n) is 6.17. The van der Waals surface area contributed by atoms with E-state index >= 15 is 0 Å². The maximum Gasteiger partial charge on any atom is 1.00 e. The second-order valence-corrected chi connectivity index (χ2v) is 10.4. The van der Waals surface area contributed by atoms with Gasteiger partial charge in [0, 0.05) is 23.2 Å². The van der Waals surface area contributed by atoms with Crippen LogP contribution in [0.5, 0.6) is 0 Å². The summed E-state index contributed by atoms with van der Waals surface area (Å²) in [6, 6.07) is -0.565. The molecule has 0 aromatic rings. The smallest absolute Gasteiger partial charge is 0.748 e. The van der Waals surface area contributed by atoms with Crippen LogP contribution in [-0.2, 0) is 19.5 Å². The molecule has 0 aliphatic heterocycles. The van der Waals surface area contributed by atoms with Crippen LogP contribution in [0.1, 0.15) is 57.8 Å². The Hall–Kier alpha value is 1.70. The average Bonchev–Trinajstić information content (AvgIpc) is 2.65. The fourth-order valence-corrected chi connectivity index (χ4v) is 7.03. The summed E-state index contributed by atoms with van der Waals surface area (Å²) in [4.78, 5) is 0. The van der Waals surface area contributed by atoms with E-state index in [0.29, 0.717) is 19.3 Å². The van der Waals surface area contributed by atoms with Gasteiger partial charge in [-0.15, -0.1) is 0 Å². The van der Waals surface area contributed by atoms with Crippen molar-refractivity contribution in [1.29, 1.82) is 0 Å². The molecule has 3 fully saturated rings. The zero-order valence-corrected chi connectivity index (χ0v) is 22.6. The zero-order valence-electron chi connectivity index (χ0n) is 17.0. The molecular formula is C16H26N2Na2O7S2. The number of hydrogen-bond acceptors (Lipinski definition) is 10. The van der Waals surface area contributed by atoms with Gasteiger partial charge in [-0.1, -0.05) is 19.3 Å². The predicted molar refractivity (Wildman–Crippen MR) is 94.0 cm³/mol. The van der Waals surface area contributed by atoms with Gasteiger partial charge in [0.1, 0.15) is 6.04 Å². The molecule has 3 aliphatic rings. The van der Waals surface area contributed by atoms with Gasteiger partial charge in [-0.3, -0.25) is 5.04 Å². The Labute approximate surface area is 220 Å². The quantitative estimate of drug-likeness (QED) is 0.103. The molecule has 13 heteroatoms. The van der Waals surface area contributed by atoms with Crippen LogP contribution in [0.25, 0.3) is 0 Å². The molecule has 9 nitrogen and oxygen atoms in total. The molecule has 0 aromatic carbocycles. The average molecular weight is 469 g/mol. The van der Waals surface area contributed by atoms with E-state index in [1.807, 2.05) is 0 Å². The van der Waals surface area contributed by atoms with Crippen molar-refractivity contribution in [2.24, 2.45) is 22.1 Å². The molecule has 0 amide bonds. The first-order valence-electron chi connectivity index (χ1n) is 9.55. The molecule has 6 unspecified atom stereocenters. The number of aliphatic hydroxyl groups excluding tert-OH is 1. The van der Waals surface area contributed by atoms with Crippen LogP contribution < -0.4 is 64.4 Å². The van der Waals surface area contributed by atoms with E-state index in [-0.39, 0.29) is 82.7 Å². The fourth-order valence-electron chi connectivity index (χ4n) is 4.91. The minimum absolute atomic E-state index is 0. The predicted octanol–water partition coefficient (Wildman–Crippen LogP) is -4.52. The summed E-state index contributed by atoms with van der Waals surface area (Å²) in [5.74, 6) is -0.660. The number of aliphatic hydroxyl groups is 1. The Bertz CT molecular complexity index is 622. The molecule has 0 saturated heterocycles. The third-order valence-corrected chi connectivity index (χ3v) is 8.21. The van der Waals surface area contributed by atoms with E-state index in [2.05, 4.69) is 19.6 Å². The standard InChI is InChI=1S/C16H28N2O7S2.2Na/c19-13-7-6-10-8-12(26-25-24-20)9-14(27(21,22)23)15(10)16(13)18-17-11-4-2-1-3-5-11;;/h10-16,19-20H,1-9H2,(H,21,22,23);;/q;2*+1/p-2. The summed E-state index contributed by atoms with van der Waals surface area (Å²) < 4.78 is 40.3. The number of rotatable bonds is 6. The van der Waals surface area contributed by atoms with Crippen LogP contribution in [0, 0.1) is 11.8 Å². The summed E-state index contributed by atoms with van der Waals surface area (Å²) in [6.45, 7) is 0. The van der Waals surface area contributed by atoms with E-state index in [4.69, 9.17) is 0 Å². The molecule has 0 heterocycles. The summed E-state index contributed by atoms with van der Waals surface area (Å²) in [5.41, 5.74) is 0. The molecule has 3 rings (SSSR count). The second kappa shape index (κ2) is 13.4. The van der Waals surface area contributed by atoms with Crippen molar-refractivity contribution >= 4 is 22.2 Å². The van der Waals surface area contributed by atoms with E-state index in [0.717, 1.165) is 37.7 Å². The van der Waals surface area contributed by atoms with Gasteiger partial charge < -0.3 is 14.9 Å². The SMILES string of the molecule is O=S(=O)([O-])C1CC(SOO[O-])CC2CCC(O)C(N=NC3CCCCC3)C21.[Na+].[Na+]. The first kappa shape index (κ1) is 28.7. The summed E-state index contributed by atoms with van der Waals surface area (Å²) in [6.07, 6.45) is 6.20. The molecule has 3 aliphatic carbocycles. The van der Waals surface area contributed by atoms with Gasteiger partial charge in [-0.2, -0.15) is 14.6 Å². The number of nitrogens with zero attached hydrogens (tertiary/aromatic N) is 2. The van der Waals surface area contributed by atoms with Gasteiger partial charge in [0.05, 0.1) is 27.5 Å². The molecule has 156 valence electrons. The Morgan fingerprint density at radius 3 is 2.31 bits per heavy atom. The van der Waals surface area contributed by atoms with Gasteiger partial charge in [0.25, 0.3) is 0 Å². The Kier molecular flexibility index (Phi) is 13.3. The van der Waals surface area contributed by atoms with Crippen LogP contribution in [0.2, 0.25) is 0 Å². The van der Waals surface area contributed by atoms with Gasteiger partial charge in [0.2, 0.25) is 0 Å². The molecule has 3 saturated carbocycles. The van der Waals surface area contributed by atoms with Crippen molar-refractivity contribution in [3.63, 3.8) is 0 Å².